The average molecular weight is 208 g/mol. The van der Waals surface area contributed by atoms with E-state index in [1.54, 1.807) is 11.8 Å². The topological polar surface area (TPSA) is 26.3 Å². The minimum absolute atomic E-state index is 0. The maximum absolute atomic E-state index is 10.9. The zero-order valence-corrected chi connectivity index (χ0v) is 8.24. The Hall–Kier alpha value is -0.180. The molecule has 0 heterocycles. The van der Waals surface area contributed by atoms with Gasteiger partial charge in [-0.15, -0.1) is 0 Å². The van der Waals surface area contributed by atoms with Crippen molar-refractivity contribution < 1.29 is 9.53 Å². The Morgan fingerprint density at radius 3 is 2.31 bits per heavy atom. The molecule has 0 aromatic heterocycles. The number of hydrogen-bond donors (Lipinski definition) is 0. The van der Waals surface area contributed by atoms with Gasteiger partial charge in [-0.1, -0.05) is 28.7 Å². The number of thioether (sulfide) groups is 1. The molecular weight excluding hydrogens is 184 g/mol. The zero-order valence-electron chi connectivity index (χ0n) is 7.42. The Balaban J connectivity index is -0.000000500. The fourth-order valence-electron chi connectivity index (χ4n) is 0.798. The normalized spacial score (nSPS) is 10.7. The molecule has 13 heavy (non-hydrogen) atoms. The lowest BCUT2D eigenvalue weighted by atomic mass is 10.3. The quantitative estimate of drug-likeness (QED) is 0.648. The fraction of sp³-hybridized carbons (Fsp3) is 0.900. The molecule has 0 aromatic carbocycles. The molecule has 0 radical (unpaired) electrons. The molecule has 0 saturated carbocycles. The highest BCUT2D eigenvalue weighted by Gasteiger charge is 2.08. The van der Waals surface area contributed by atoms with Gasteiger partial charge >= 0.3 is 5.97 Å². The van der Waals surface area contributed by atoms with E-state index >= 15 is 0 Å². The van der Waals surface area contributed by atoms with Crippen molar-refractivity contribution in [2.45, 2.75) is 47.3 Å². The molecule has 0 saturated heterocycles. The van der Waals surface area contributed by atoms with Crippen LogP contribution in [0.3, 0.4) is 0 Å². The lowest BCUT2D eigenvalue weighted by Gasteiger charge is -2.07. The van der Waals surface area contributed by atoms with Gasteiger partial charge in [-0.2, -0.15) is 11.8 Å². The summed E-state index contributed by atoms with van der Waals surface area (Å²) < 4.78 is 4.81. The van der Waals surface area contributed by atoms with Crippen LogP contribution in [-0.2, 0) is 9.53 Å². The number of carbonyl (C=O) groups excluding carboxylic acids is 1. The first-order valence-corrected chi connectivity index (χ1v) is 5.02. The molecule has 0 bridgehead atoms. The molecule has 0 aliphatic rings. The highest BCUT2D eigenvalue weighted by molar-refractivity contribution is 7.99. The summed E-state index contributed by atoms with van der Waals surface area (Å²) in [6.45, 7) is 6.45. The fourth-order valence-corrected chi connectivity index (χ4v) is 1.62. The van der Waals surface area contributed by atoms with E-state index in [1.165, 1.54) is 0 Å². The minimum atomic E-state index is -0.0825. The minimum Gasteiger partial charge on any atom is -0.466 e. The predicted octanol–water partition coefficient (Wildman–Crippen LogP) is 3.35. The van der Waals surface area contributed by atoms with Crippen LogP contribution in [0.4, 0.5) is 0 Å². The first-order chi connectivity index (χ1) is 5.20. The zero-order chi connectivity index (χ0) is 8.69. The van der Waals surface area contributed by atoms with Crippen molar-refractivity contribution in [3.63, 3.8) is 0 Å². The van der Waals surface area contributed by atoms with Crippen LogP contribution in [0, 0.1) is 0 Å². The smallest absolute Gasteiger partial charge is 0.306 e. The van der Waals surface area contributed by atoms with Gasteiger partial charge in [0, 0.05) is 5.25 Å². The summed E-state index contributed by atoms with van der Waals surface area (Å²) >= 11 is 1.78. The summed E-state index contributed by atoms with van der Waals surface area (Å²) in [5.41, 5.74) is 0. The summed E-state index contributed by atoms with van der Waals surface area (Å²) in [4.78, 5) is 10.9. The molecule has 0 N–H and O–H groups in total. The van der Waals surface area contributed by atoms with E-state index in [2.05, 4.69) is 6.92 Å². The molecule has 0 fully saturated rings. The van der Waals surface area contributed by atoms with Gasteiger partial charge in [-0.05, 0) is 12.7 Å². The predicted molar refractivity (Wildman–Crippen MR) is 62.3 cm³/mol. The van der Waals surface area contributed by atoms with Gasteiger partial charge in [0.25, 0.3) is 0 Å². The molecular formula is C10H24O2S. The van der Waals surface area contributed by atoms with E-state index in [-0.39, 0.29) is 20.8 Å². The molecule has 0 aromatic rings. The number of carbonyl (C=O) groups is 1. The van der Waals surface area contributed by atoms with Gasteiger partial charge in [0.15, 0.2) is 0 Å². The Bertz CT molecular complexity index is 115. The molecule has 0 rings (SSSR count). The summed E-state index contributed by atoms with van der Waals surface area (Å²) in [7, 11) is 0. The van der Waals surface area contributed by atoms with Crippen LogP contribution in [0.25, 0.3) is 0 Å². The molecule has 1 atom stereocenters. The Morgan fingerprint density at radius 2 is 1.92 bits per heavy atom. The van der Waals surface area contributed by atoms with Gasteiger partial charge < -0.3 is 4.74 Å². The standard InChI is InChI=1S/C8H16O2S.2CH4/c1-4-10-8(9)6-7(3)11-5-2;;/h7H,4-6H2,1-3H3;2*1H4. The first kappa shape index (κ1) is 18.6. The Kier molecular flexibility index (Phi) is 16.9. The van der Waals surface area contributed by atoms with Crippen LogP contribution in [0.5, 0.6) is 0 Å². The second-order valence-corrected chi connectivity index (χ2v) is 3.99. The van der Waals surface area contributed by atoms with E-state index in [4.69, 9.17) is 4.74 Å². The molecule has 82 valence electrons. The molecule has 3 heteroatoms. The van der Waals surface area contributed by atoms with E-state index in [0.29, 0.717) is 18.3 Å². The van der Waals surface area contributed by atoms with Crippen molar-refractivity contribution in [2.24, 2.45) is 0 Å². The van der Waals surface area contributed by atoms with E-state index < -0.39 is 0 Å². The molecule has 0 aliphatic carbocycles. The van der Waals surface area contributed by atoms with Gasteiger partial charge in [-0.3, -0.25) is 4.79 Å². The van der Waals surface area contributed by atoms with Crippen molar-refractivity contribution >= 4 is 17.7 Å². The van der Waals surface area contributed by atoms with Gasteiger partial charge in [0.05, 0.1) is 13.0 Å². The summed E-state index contributed by atoms with van der Waals surface area (Å²) in [6, 6.07) is 0. The third-order valence-electron chi connectivity index (χ3n) is 1.21. The lowest BCUT2D eigenvalue weighted by Crippen LogP contribution is -2.10. The van der Waals surface area contributed by atoms with Crippen molar-refractivity contribution in [2.75, 3.05) is 12.4 Å². The third-order valence-corrected chi connectivity index (χ3v) is 2.28. The summed E-state index contributed by atoms with van der Waals surface area (Å²) in [5.74, 6) is 0.974. The van der Waals surface area contributed by atoms with Crippen LogP contribution in [0.2, 0.25) is 0 Å². The SMILES string of the molecule is C.C.CCOC(=O)CC(C)SCC. The number of ether oxygens (including phenoxy) is 1. The van der Waals surface area contributed by atoms with Crippen molar-refractivity contribution in [1.29, 1.82) is 0 Å². The van der Waals surface area contributed by atoms with Crippen molar-refractivity contribution in [3.05, 3.63) is 0 Å². The Morgan fingerprint density at radius 1 is 1.38 bits per heavy atom. The van der Waals surface area contributed by atoms with Crippen LogP contribution < -0.4 is 0 Å². The molecule has 0 amide bonds. The number of esters is 1. The van der Waals surface area contributed by atoms with E-state index in [0.717, 1.165) is 5.75 Å². The highest BCUT2D eigenvalue weighted by atomic mass is 32.2. The van der Waals surface area contributed by atoms with Crippen molar-refractivity contribution in [1.82, 2.24) is 0 Å². The largest absolute Gasteiger partial charge is 0.466 e. The highest BCUT2D eigenvalue weighted by Crippen LogP contribution is 2.13. The summed E-state index contributed by atoms with van der Waals surface area (Å²) in [6.07, 6.45) is 0.534. The third kappa shape index (κ3) is 11.8. The monoisotopic (exact) mass is 208 g/mol. The van der Waals surface area contributed by atoms with Gasteiger partial charge in [0.1, 0.15) is 0 Å². The maximum atomic E-state index is 10.9. The van der Waals surface area contributed by atoms with Gasteiger partial charge in [0.2, 0.25) is 0 Å². The van der Waals surface area contributed by atoms with E-state index in [1.807, 2.05) is 13.8 Å². The molecule has 1 unspecified atom stereocenters. The maximum Gasteiger partial charge on any atom is 0.306 e. The molecule has 2 nitrogen and oxygen atoms in total. The number of hydrogen-bond acceptors (Lipinski definition) is 3. The Labute approximate surface area is 87.4 Å². The molecule has 0 aliphatic heterocycles. The van der Waals surface area contributed by atoms with Crippen molar-refractivity contribution in [3.8, 4) is 0 Å². The first-order valence-electron chi connectivity index (χ1n) is 3.97. The molecule has 0 spiro atoms. The van der Waals surface area contributed by atoms with Crippen LogP contribution in [0.15, 0.2) is 0 Å². The van der Waals surface area contributed by atoms with Crippen LogP contribution in [0.1, 0.15) is 42.0 Å². The number of rotatable bonds is 5. The second kappa shape index (κ2) is 11.8. The van der Waals surface area contributed by atoms with Crippen LogP contribution >= 0.6 is 11.8 Å². The summed E-state index contributed by atoms with van der Waals surface area (Å²) in [5, 5.41) is 0.388. The average Bonchev–Trinajstić information content (AvgIpc) is 1.87. The lowest BCUT2D eigenvalue weighted by molar-refractivity contribution is -0.142. The van der Waals surface area contributed by atoms with E-state index in [9.17, 15) is 4.79 Å². The van der Waals surface area contributed by atoms with Crippen LogP contribution in [-0.4, -0.2) is 23.6 Å². The second-order valence-electron chi connectivity index (χ2n) is 2.28. The van der Waals surface area contributed by atoms with Gasteiger partial charge in [-0.25, -0.2) is 0 Å².